The molecule has 0 aliphatic heterocycles. The van der Waals surface area contributed by atoms with Gasteiger partial charge in [0.25, 0.3) is 0 Å². The van der Waals surface area contributed by atoms with Gasteiger partial charge in [-0.05, 0) is 24.6 Å². The minimum atomic E-state index is -0.513. The number of anilines is 1. The number of aliphatic hydroxyl groups excluding tert-OH is 1. The quantitative estimate of drug-likeness (QED) is 0.798. The van der Waals surface area contributed by atoms with Gasteiger partial charge in [-0.2, -0.15) is 0 Å². The fraction of sp³-hybridized carbons (Fsp3) is 0.286. The summed E-state index contributed by atoms with van der Waals surface area (Å²) in [5.41, 5.74) is 1.50. The Morgan fingerprint density at radius 2 is 2.15 bits per heavy atom. The highest BCUT2D eigenvalue weighted by molar-refractivity contribution is 5.89. The number of urea groups is 1. The molecule has 20 heavy (non-hydrogen) atoms. The highest BCUT2D eigenvalue weighted by Gasteiger charge is 2.10. The lowest BCUT2D eigenvalue weighted by atomic mass is 10.1. The fourth-order valence-corrected chi connectivity index (χ4v) is 1.74. The molecule has 2 aromatic rings. The van der Waals surface area contributed by atoms with E-state index >= 15 is 0 Å². The molecule has 0 fully saturated rings. The van der Waals surface area contributed by atoms with Crippen LogP contribution in [0.3, 0.4) is 0 Å². The van der Waals surface area contributed by atoms with Gasteiger partial charge < -0.3 is 20.3 Å². The van der Waals surface area contributed by atoms with Crippen LogP contribution in [0.4, 0.5) is 10.5 Å². The summed E-state index contributed by atoms with van der Waals surface area (Å²) < 4.78 is 0. The SMILES string of the molecule is CC(O)c1ccc(NC(=O)N(C)Cc2ncc[nH]2)cc1. The van der Waals surface area contributed by atoms with Crippen molar-refractivity contribution in [3.8, 4) is 0 Å². The van der Waals surface area contributed by atoms with E-state index in [0.717, 1.165) is 11.4 Å². The second-order valence-corrected chi connectivity index (χ2v) is 4.62. The molecule has 3 N–H and O–H groups in total. The maximum absolute atomic E-state index is 12.0. The third kappa shape index (κ3) is 3.58. The molecule has 2 rings (SSSR count). The van der Waals surface area contributed by atoms with Crippen molar-refractivity contribution in [2.45, 2.75) is 19.6 Å². The van der Waals surface area contributed by atoms with Crippen LogP contribution in [0.5, 0.6) is 0 Å². The summed E-state index contributed by atoms with van der Waals surface area (Å²) in [7, 11) is 1.70. The Balaban J connectivity index is 1.93. The number of aromatic nitrogens is 2. The minimum Gasteiger partial charge on any atom is -0.389 e. The monoisotopic (exact) mass is 274 g/mol. The van der Waals surface area contributed by atoms with Gasteiger partial charge in [0.05, 0.1) is 12.6 Å². The number of benzene rings is 1. The Morgan fingerprint density at radius 1 is 1.45 bits per heavy atom. The van der Waals surface area contributed by atoms with Gasteiger partial charge in [-0.25, -0.2) is 9.78 Å². The third-order valence-electron chi connectivity index (χ3n) is 2.93. The largest absolute Gasteiger partial charge is 0.389 e. The number of aliphatic hydroxyl groups is 1. The van der Waals surface area contributed by atoms with Crippen molar-refractivity contribution in [2.24, 2.45) is 0 Å². The van der Waals surface area contributed by atoms with Crippen LogP contribution in [0.1, 0.15) is 24.4 Å². The smallest absolute Gasteiger partial charge is 0.321 e. The molecule has 1 atom stereocenters. The highest BCUT2D eigenvalue weighted by Crippen LogP contribution is 2.15. The van der Waals surface area contributed by atoms with Gasteiger partial charge in [-0.15, -0.1) is 0 Å². The van der Waals surface area contributed by atoms with Crippen LogP contribution >= 0.6 is 0 Å². The second kappa shape index (κ2) is 6.21. The molecule has 1 aromatic heterocycles. The predicted octanol–water partition coefficient (Wildman–Crippen LogP) is 2.13. The average Bonchev–Trinajstić information content (AvgIpc) is 2.92. The maximum atomic E-state index is 12.0. The van der Waals surface area contributed by atoms with Crippen LogP contribution in [0.15, 0.2) is 36.7 Å². The second-order valence-electron chi connectivity index (χ2n) is 4.62. The molecule has 6 nitrogen and oxygen atoms in total. The number of carbonyl (C=O) groups excluding carboxylic acids is 1. The van der Waals surface area contributed by atoms with Crippen molar-refractivity contribution < 1.29 is 9.90 Å². The average molecular weight is 274 g/mol. The standard InChI is InChI=1S/C14H18N4O2/c1-10(19)11-3-5-12(6-4-11)17-14(20)18(2)9-13-15-7-8-16-13/h3-8,10,19H,9H2,1-2H3,(H,15,16)(H,17,20). The third-order valence-corrected chi connectivity index (χ3v) is 2.93. The highest BCUT2D eigenvalue weighted by atomic mass is 16.3. The molecular formula is C14H18N4O2. The lowest BCUT2D eigenvalue weighted by Crippen LogP contribution is -2.31. The van der Waals surface area contributed by atoms with Gasteiger partial charge in [0.15, 0.2) is 0 Å². The summed E-state index contributed by atoms with van der Waals surface area (Å²) in [5, 5.41) is 12.2. The van der Waals surface area contributed by atoms with Crippen LogP contribution in [0, 0.1) is 0 Å². The van der Waals surface area contributed by atoms with E-state index in [1.807, 2.05) is 0 Å². The Labute approximate surface area is 117 Å². The van der Waals surface area contributed by atoms with E-state index in [1.165, 1.54) is 4.90 Å². The zero-order valence-corrected chi connectivity index (χ0v) is 11.5. The van der Waals surface area contributed by atoms with E-state index < -0.39 is 6.10 Å². The Hall–Kier alpha value is -2.34. The topological polar surface area (TPSA) is 81.2 Å². The normalized spacial score (nSPS) is 11.9. The molecule has 0 saturated carbocycles. The van der Waals surface area contributed by atoms with Crippen molar-refractivity contribution in [1.82, 2.24) is 14.9 Å². The van der Waals surface area contributed by atoms with Gasteiger partial charge >= 0.3 is 6.03 Å². The van der Waals surface area contributed by atoms with Crippen molar-refractivity contribution >= 4 is 11.7 Å². The Bertz CT molecular complexity index is 549. The Morgan fingerprint density at radius 3 is 2.70 bits per heavy atom. The molecule has 106 valence electrons. The number of nitrogens with one attached hydrogen (secondary N) is 2. The number of imidazole rings is 1. The summed E-state index contributed by atoms with van der Waals surface area (Å²) in [6.45, 7) is 2.11. The van der Waals surface area contributed by atoms with Crippen LogP contribution in [-0.2, 0) is 6.54 Å². The van der Waals surface area contributed by atoms with E-state index in [9.17, 15) is 9.90 Å². The zero-order valence-electron chi connectivity index (χ0n) is 11.5. The molecule has 0 spiro atoms. The predicted molar refractivity (Wildman–Crippen MR) is 76.1 cm³/mol. The maximum Gasteiger partial charge on any atom is 0.321 e. The molecule has 0 saturated heterocycles. The molecule has 0 bridgehead atoms. The Kier molecular flexibility index (Phi) is 4.37. The molecule has 1 unspecified atom stereocenters. The zero-order chi connectivity index (χ0) is 14.5. The summed E-state index contributed by atoms with van der Waals surface area (Å²) in [5.74, 6) is 0.729. The van der Waals surface area contributed by atoms with Gasteiger partial charge in [-0.1, -0.05) is 12.1 Å². The van der Waals surface area contributed by atoms with Crippen molar-refractivity contribution in [3.05, 3.63) is 48.0 Å². The first-order chi connectivity index (χ1) is 9.56. The first-order valence-electron chi connectivity index (χ1n) is 6.34. The molecule has 0 radical (unpaired) electrons. The van der Waals surface area contributed by atoms with Crippen LogP contribution in [-0.4, -0.2) is 33.1 Å². The van der Waals surface area contributed by atoms with Gasteiger partial charge in [0, 0.05) is 25.1 Å². The van der Waals surface area contributed by atoms with Crippen LogP contribution in [0.25, 0.3) is 0 Å². The lowest BCUT2D eigenvalue weighted by Gasteiger charge is -2.17. The van der Waals surface area contributed by atoms with Gasteiger partial charge in [-0.3, -0.25) is 0 Å². The van der Waals surface area contributed by atoms with E-state index in [1.54, 1.807) is 50.6 Å². The summed E-state index contributed by atoms with van der Waals surface area (Å²) in [6, 6.07) is 6.88. The minimum absolute atomic E-state index is 0.216. The fourth-order valence-electron chi connectivity index (χ4n) is 1.74. The number of aromatic amines is 1. The number of carbonyl (C=O) groups is 1. The van der Waals surface area contributed by atoms with E-state index in [4.69, 9.17) is 0 Å². The number of nitrogens with zero attached hydrogens (tertiary/aromatic N) is 2. The van der Waals surface area contributed by atoms with Crippen molar-refractivity contribution in [1.29, 1.82) is 0 Å². The number of H-pyrrole nitrogens is 1. The molecular weight excluding hydrogens is 256 g/mol. The van der Waals surface area contributed by atoms with E-state index in [-0.39, 0.29) is 6.03 Å². The molecule has 1 aromatic carbocycles. The van der Waals surface area contributed by atoms with Crippen molar-refractivity contribution in [2.75, 3.05) is 12.4 Å². The first kappa shape index (κ1) is 14.1. The number of hydrogen-bond donors (Lipinski definition) is 3. The molecule has 2 amide bonds. The number of hydrogen-bond acceptors (Lipinski definition) is 3. The molecule has 1 heterocycles. The number of rotatable bonds is 4. The summed E-state index contributed by atoms with van der Waals surface area (Å²) in [4.78, 5) is 20.5. The molecule has 0 aliphatic rings. The van der Waals surface area contributed by atoms with Gasteiger partial charge in [0.2, 0.25) is 0 Å². The van der Waals surface area contributed by atoms with E-state index in [0.29, 0.717) is 12.2 Å². The van der Waals surface area contributed by atoms with Crippen LogP contribution in [0.2, 0.25) is 0 Å². The summed E-state index contributed by atoms with van der Waals surface area (Å²) in [6.07, 6.45) is 2.85. The first-order valence-corrected chi connectivity index (χ1v) is 6.34. The van der Waals surface area contributed by atoms with Crippen LogP contribution < -0.4 is 5.32 Å². The van der Waals surface area contributed by atoms with Gasteiger partial charge in [0.1, 0.15) is 5.82 Å². The molecule has 0 aliphatic carbocycles. The van der Waals surface area contributed by atoms with E-state index in [2.05, 4.69) is 15.3 Å². The number of amides is 2. The molecule has 6 heteroatoms. The lowest BCUT2D eigenvalue weighted by molar-refractivity contribution is 0.199. The summed E-state index contributed by atoms with van der Waals surface area (Å²) >= 11 is 0. The van der Waals surface area contributed by atoms with Crippen molar-refractivity contribution in [3.63, 3.8) is 0 Å².